The quantitative estimate of drug-likeness (QED) is 0.845. The van der Waals surface area contributed by atoms with E-state index in [0.717, 1.165) is 5.69 Å². The number of methoxy groups -OCH3 is 1. The second-order valence-electron chi connectivity index (χ2n) is 4.21. The predicted octanol–water partition coefficient (Wildman–Crippen LogP) is 0.688. The average Bonchev–Trinajstić information content (AvgIpc) is 2.80. The summed E-state index contributed by atoms with van der Waals surface area (Å²) in [4.78, 5) is 0.0332. The van der Waals surface area contributed by atoms with Crippen molar-refractivity contribution < 1.29 is 13.2 Å². The maximum Gasteiger partial charge on any atom is 0.238 e. The molecule has 2 aromatic rings. The van der Waals surface area contributed by atoms with E-state index in [9.17, 15) is 8.42 Å². The van der Waals surface area contributed by atoms with Crippen molar-refractivity contribution in [3.8, 4) is 5.75 Å². The molecule has 7 nitrogen and oxygen atoms in total. The molecule has 0 unspecified atom stereocenters. The second-order valence-corrected chi connectivity index (χ2v) is 5.77. The van der Waals surface area contributed by atoms with Crippen LogP contribution in [0.1, 0.15) is 5.69 Å². The Morgan fingerprint density at radius 2 is 2.15 bits per heavy atom. The first-order valence-electron chi connectivity index (χ1n) is 5.83. The number of ether oxygens (including phenoxy) is 1. The summed E-state index contributed by atoms with van der Waals surface area (Å²) in [6.45, 7) is 0.487. The summed E-state index contributed by atoms with van der Waals surface area (Å²) < 4.78 is 29.7. The molecule has 1 aromatic carbocycles. The summed E-state index contributed by atoms with van der Waals surface area (Å²) in [5, 5.41) is 12.3. The van der Waals surface area contributed by atoms with Crippen molar-refractivity contribution in [1.29, 1.82) is 0 Å². The molecular formula is C12H16N4O3S. The lowest BCUT2D eigenvalue weighted by molar-refractivity contribution is 0.416. The maximum absolute atomic E-state index is 11.4. The molecule has 108 valence electrons. The van der Waals surface area contributed by atoms with Crippen LogP contribution in [0.25, 0.3) is 0 Å². The number of primary sulfonamides is 1. The predicted molar refractivity (Wildman–Crippen MR) is 74.9 cm³/mol. The minimum atomic E-state index is -3.74. The van der Waals surface area contributed by atoms with E-state index in [-0.39, 0.29) is 4.90 Å². The van der Waals surface area contributed by atoms with Crippen LogP contribution in [0.2, 0.25) is 0 Å². The van der Waals surface area contributed by atoms with E-state index in [1.807, 2.05) is 13.1 Å². The summed E-state index contributed by atoms with van der Waals surface area (Å²) >= 11 is 0. The largest absolute Gasteiger partial charge is 0.495 e. The summed E-state index contributed by atoms with van der Waals surface area (Å²) in [6.07, 6.45) is 1.69. The Hall–Kier alpha value is -2.06. The fourth-order valence-electron chi connectivity index (χ4n) is 1.76. The number of aryl methyl sites for hydroxylation is 1. The normalized spacial score (nSPS) is 11.3. The zero-order valence-corrected chi connectivity index (χ0v) is 12.0. The van der Waals surface area contributed by atoms with E-state index in [1.54, 1.807) is 16.9 Å². The van der Waals surface area contributed by atoms with E-state index in [1.165, 1.54) is 19.2 Å². The minimum absolute atomic E-state index is 0.0332. The Balaban J connectivity index is 2.27. The number of sulfonamides is 1. The average molecular weight is 296 g/mol. The van der Waals surface area contributed by atoms with Crippen molar-refractivity contribution >= 4 is 15.7 Å². The van der Waals surface area contributed by atoms with Gasteiger partial charge in [0.1, 0.15) is 5.75 Å². The molecule has 0 atom stereocenters. The molecule has 0 saturated heterocycles. The van der Waals surface area contributed by atoms with Crippen LogP contribution in [-0.2, 0) is 23.6 Å². The van der Waals surface area contributed by atoms with Gasteiger partial charge in [-0.2, -0.15) is 5.10 Å². The van der Waals surface area contributed by atoms with Crippen LogP contribution >= 0.6 is 0 Å². The Morgan fingerprint density at radius 1 is 1.40 bits per heavy atom. The van der Waals surface area contributed by atoms with Crippen molar-refractivity contribution in [1.82, 2.24) is 9.78 Å². The standard InChI is InChI=1S/C12H16N4O3S/c1-16-9(5-6-15-16)8-14-11-7-10(20(13,17)18)3-4-12(11)19-2/h3-7,14H,8H2,1-2H3,(H2,13,17,18). The van der Waals surface area contributed by atoms with Crippen LogP contribution in [0.15, 0.2) is 35.4 Å². The van der Waals surface area contributed by atoms with Crippen molar-refractivity contribution in [2.24, 2.45) is 12.2 Å². The number of nitrogens with one attached hydrogen (secondary N) is 1. The maximum atomic E-state index is 11.4. The molecule has 0 spiro atoms. The van der Waals surface area contributed by atoms with E-state index in [0.29, 0.717) is 18.0 Å². The van der Waals surface area contributed by atoms with Gasteiger partial charge < -0.3 is 10.1 Å². The molecule has 1 heterocycles. The van der Waals surface area contributed by atoms with Gasteiger partial charge >= 0.3 is 0 Å². The lowest BCUT2D eigenvalue weighted by Crippen LogP contribution is -2.13. The zero-order valence-electron chi connectivity index (χ0n) is 11.2. The molecule has 0 aliphatic carbocycles. The van der Waals surface area contributed by atoms with Gasteiger partial charge in [0.15, 0.2) is 0 Å². The molecule has 0 saturated carbocycles. The van der Waals surface area contributed by atoms with Gasteiger partial charge in [0.2, 0.25) is 10.0 Å². The van der Waals surface area contributed by atoms with Crippen LogP contribution in [-0.4, -0.2) is 25.3 Å². The van der Waals surface area contributed by atoms with Crippen molar-refractivity contribution in [3.05, 3.63) is 36.2 Å². The molecule has 0 radical (unpaired) electrons. The summed E-state index contributed by atoms with van der Waals surface area (Å²) in [5.41, 5.74) is 1.51. The fraction of sp³-hybridized carbons (Fsp3) is 0.250. The first kappa shape index (κ1) is 14.4. The Bertz CT molecular complexity index is 709. The zero-order chi connectivity index (χ0) is 14.8. The third-order valence-electron chi connectivity index (χ3n) is 2.88. The van der Waals surface area contributed by atoms with Gasteiger partial charge in [-0.05, 0) is 24.3 Å². The van der Waals surface area contributed by atoms with Crippen LogP contribution in [0, 0.1) is 0 Å². The highest BCUT2D eigenvalue weighted by atomic mass is 32.2. The van der Waals surface area contributed by atoms with Gasteiger partial charge in [0.05, 0.1) is 29.9 Å². The van der Waals surface area contributed by atoms with Crippen LogP contribution in [0.4, 0.5) is 5.69 Å². The van der Waals surface area contributed by atoms with Crippen LogP contribution in [0.5, 0.6) is 5.75 Å². The van der Waals surface area contributed by atoms with Gasteiger partial charge in [0, 0.05) is 13.2 Å². The fourth-order valence-corrected chi connectivity index (χ4v) is 2.30. The number of hydrogen-bond acceptors (Lipinski definition) is 5. The highest BCUT2D eigenvalue weighted by Gasteiger charge is 2.12. The molecule has 2 rings (SSSR count). The third kappa shape index (κ3) is 3.09. The molecular weight excluding hydrogens is 280 g/mol. The van der Waals surface area contributed by atoms with E-state index in [2.05, 4.69) is 10.4 Å². The van der Waals surface area contributed by atoms with Gasteiger partial charge in [0.25, 0.3) is 0 Å². The van der Waals surface area contributed by atoms with Crippen molar-refractivity contribution in [2.45, 2.75) is 11.4 Å². The number of rotatable bonds is 5. The number of anilines is 1. The van der Waals surface area contributed by atoms with E-state index < -0.39 is 10.0 Å². The molecule has 1 aromatic heterocycles. The second kappa shape index (κ2) is 5.51. The highest BCUT2D eigenvalue weighted by molar-refractivity contribution is 7.89. The Kier molecular flexibility index (Phi) is 3.96. The molecule has 0 amide bonds. The van der Waals surface area contributed by atoms with Crippen LogP contribution < -0.4 is 15.2 Å². The molecule has 0 aliphatic heterocycles. The number of hydrogen-bond donors (Lipinski definition) is 2. The van der Waals surface area contributed by atoms with E-state index >= 15 is 0 Å². The van der Waals surface area contributed by atoms with Gasteiger partial charge in [-0.1, -0.05) is 0 Å². The molecule has 8 heteroatoms. The number of benzene rings is 1. The number of nitrogens with zero attached hydrogens (tertiary/aromatic N) is 2. The first-order chi connectivity index (χ1) is 9.41. The summed E-state index contributed by atoms with van der Waals surface area (Å²) in [5.74, 6) is 0.541. The number of nitrogens with two attached hydrogens (primary N) is 1. The lowest BCUT2D eigenvalue weighted by Gasteiger charge is -2.12. The molecule has 20 heavy (non-hydrogen) atoms. The summed E-state index contributed by atoms with van der Waals surface area (Å²) in [6, 6.07) is 6.28. The van der Waals surface area contributed by atoms with Crippen molar-refractivity contribution in [2.75, 3.05) is 12.4 Å². The monoisotopic (exact) mass is 296 g/mol. The Morgan fingerprint density at radius 3 is 2.70 bits per heavy atom. The molecule has 0 bridgehead atoms. The van der Waals surface area contributed by atoms with Gasteiger partial charge in [-0.15, -0.1) is 0 Å². The third-order valence-corrected chi connectivity index (χ3v) is 3.79. The molecule has 0 fully saturated rings. The van der Waals surface area contributed by atoms with E-state index in [4.69, 9.17) is 9.88 Å². The Labute approximate surface area is 117 Å². The SMILES string of the molecule is COc1ccc(S(N)(=O)=O)cc1NCc1ccnn1C. The topological polar surface area (TPSA) is 99.2 Å². The van der Waals surface area contributed by atoms with Gasteiger partial charge in [-0.3, -0.25) is 4.68 Å². The van der Waals surface area contributed by atoms with Crippen molar-refractivity contribution in [3.63, 3.8) is 0 Å². The molecule has 0 aliphatic rings. The highest BCUT2D eigenvalue weighted by Crippen LogP contribution is 2.27. The van der Waals surface area contributed by atoms with Gasteiger partial charge in [-0.25, -0.2) is 13.6 Å². The van der Waals surface area contributed by atoms with Crippen LogP contribution in [0.3, 0.4) is 0 Å². The minimum Gasteiger partial charge on any atom is -0.495 e. The smallest absolute Gasteiger partial charge is 0.238 e. The summed E-state index contributed by atoms with van der Waals surface area (Å²) in [7, 11) is -0.400. The molecule has 3 N–H and O–H groups in total. The lowest BCUT2D eigenvalue weighted by atomic mass is 10.3. The first-order valence-corrected chi connectivity index (χ1v) is 7.38. The number of aromatic nitrogens is 2.